The van der Waals surface area contributed by atoms with Gasteiger partial charge in [0.2, 0.25) is 0 Å². The molecule has 1 heteroatoms. The lowest BCUT2D eigenvalue weighted by molar-refractivity contribution is 1.32. The van der Waals surface area contributed by atoms with Crippen LogP contribution in [0.5, 0.6) is 0 Å². The zero-order valence-corrected chi connectivity index (χ0v) is 15.1. The fourth-order valence-corrected chi connectivity index (χ4v) is 3.54. The predicted octanol–water partition coefficient (Wildman–Crippen LogP) is 6.70. The van der Waals surface area contributed by atoms with E-state index in [1.54, 1.807) is 0 Å². The maximum absolute atomic E-state index is 4.68. The Morgan fingerprint density at radius 1 is 0.500 bits per heavy atom. The van der Waals surface area contributed by atoms with Crippen molar-refractivity contribution >= 4 is 0 Å². The van der Waals surface area contributed by atoms with E-state index < -0.39 is 0 Å². The Kier molecular flexibility index (Phi) is 4.37. The zero-order valence-electron chi connectivity index (χ0n) is 15.1. The highest BCUT2D eigenvalue weighted by molar-refractivity contribution is 5.94. The van der Waals surface area contributed by atoms with Crippen LogP contribution in [-0.4, -0.2) is 4.98 Å². The van der Waals surface area contributed by atoms with Gasteiger partial charge in [-0.3, -0.25) is 4.98 Å². The highest BCUT2D eigenvalue weighted by Gasteiger charge is 2.16. The van der Waals surface area contributed by atoms with Crippen molar-refractivity contribution in [2.75, 3.05) is 0 Å². The summed E-state index contributed by atoms with van der Waals surface area (Å²) in [7, 11) is 0. The van der Waals surface area contributed by atoms with Crippen LogP contribution in [-0.2, 0) is 0 Å². The molecule has 126 valence electrons. The number of aromatic nitrogens is 1. The summed E-state index contributed by atoms with van der Waals surface area (Å²) in [4.78, 5) is 4.68. The van der Waals surface area contributed by atoms with Crippen LogP contribution in [0.25, 0.3) is 33.5 Å². The molecule has 4 rings (SSSR count). The Hall–Kier alpha value is -3.19. The Balaban J connectivity index is 2.07. The molecule has 0 aliphatic heterocycles. The van der Waals surface area contributed by atoms with Crippen LogP contribution in [0, 0.1) is 13.8 Å². The molecule has 0 fully saturated rings. The molecule has 4 aromatic rings. The average Bonchev–Trinajstić information content (AvgIpc) is 2.69. The summed E-state index contributed by atoms with van der Waals surface area (Å²) in [6.45, 7) is 4.33. The van der Waals surface area contributed by atoms with E-state index in [0.717, 1.165) is 5.69 Å². The number of hydrogen-bond acceptors (Lipinski definition) is 1. The monoisotopic (exact) mass is 335 g/mol. The fourth-order valence-electron chi connectivity index (χ4n) is 3.54. The van der Waals surface area contributed by atoms with Crippen LogP contribution < -0.4 is 0 Å². The average molecular weight is 335 g/mol. The van der Waals surface area contributed by atoms with E-state index in [1.165, 1.54) is 38.9 Å². The van der Waals surface area contributed by atoms with E-state index in [4.69, 9.17) is 0 Å². The standard InChI is InChI=1S/C25H21N/c1-18-10-3-5-12-20(18)22-14-9-15-23(21-13-6-4-11-19(21)2)25(22)24-16-7-8-17-26-24/h3-17H,1-2H3. The van der Waals surface area contributed by atoms with Crippen LogP contribution in [0.2, 0.25) is 0 Å². The summed E-state index contributed by atoms with van der Waals surface area (Å²) in [5, 5.41) is 0. The summed E-state index contributed by atoms with van der Waals surface area (Å²) in [6, 6.07) is 29.8. The molecule has 0 saturated carbocycles. The molecule has 1 nitrogen and oxygen atoms in total. The number of nitrogens with zero attached hydrogens (tertiary/aromatic N) is 1. The van der Waals surface area contributed by atoms with Crippen LogP contribution in [0.1, 0.15) is 11.1 Å². The molecule has 26 heavy (non-hydrogen) atoms. The van der Waals surface area contributed by atoms with Gasteiger partial charge in [0.05, 0.1) is 5.69 Å². The SMILES string of the molecule is Cc1ccccc1-c1cccc(-c2ccccc2C)c1-c1ccccn1. The topological polar surface area (TPSA) is 12.9 Å². The van der Waals surface area contributed by atoms with E-state index in [9.17, 15) is 0 Å². The molecular formula is C25H21N. The van der Waals surface area contributed by atoms with Crippen molar-refractivity contribution < 1.29 is 0 Å². The largest absolute Gasteiger partial charge is 0.256 e. The van der Waals surface area contributed by atoms with Gasteiger partial charge in [-0.1, -0.05) is 72.8 Å². The van der Waals surface area contributed by atoms with Crippen molar-refractivity contribution in [1.29, 1.82) is 0 Å². The minimum absolute atomic E-state index is 1.00. The predicted molar refractivity (Wildman–Crippen MR) is 110 cm³/mol. The fraction of sp³-hybridized carbons (Fsp3) is 0.0800. The molecule has 0 amide bonds. The van der Waals surface area contributed by atoms with E-state index in [-0.39, 0.29) is 0 Å². The van der Waals surface area contributed by atoms with Gasteiger partial charge in [-0.25, -0.2) is 0 Å². The van der Waals surface area contributed by atoms with E-state index in [0.29, 0.717) is 0 Å². The Morgan fingerprint density at radius 2 is 1.00 bits per heavy atom. The van der Waals surface area contributed by atoms with Crippen molar-refractivity contribution in [3.63, 3.8) is 0 Å². The van der Waals surface area contributed by atoms with Gasteiger partial charge in [0.15, 0.2) is 0 Å². The number of hydrogen-bond donors (Lipinski definition) is 0. The molecule has 0 aliphatic carbocycles. The third kappa shape index (κ3) is 2.93. The lowest BCUT2D eigenvalue weighted by atomic mass is 9.87. The molecular weight excluding hydrogens is 314 g/mol. The molecule has 0 spiro atoms. The molecule has 0 atom stereocenters. The summed E-state index contributed by atoms with van der Waals surface area (Å²) < 4.78 is 0. The van der Waals surface area contributed by atoms with Crippen LogP contribution in [0.4, 0.5) is 0 Å². The maximum Gasteiger partial charge on any atom is 0.0714 e. The van der Waals surface area contributed by atoms with Gasteiger partial charge in [-0.15, -0.1) is 0 Å². The summed E-state index contributed by atoms with van der Waals surface area (Å²) in [5.41, 5.74) is 9.69. The second kappa shape index (κ2) is 6.97. The number of rotatable bonds is 3. The zero-order chi connectivity index (χ0) is 17.9. The van der Waals surface area contributed by atoms with E-state index in [1.807, 2.05) is 12.3 Å². The van der Waals surface area contributed by atoms with Gasteiger partial charge >= 0.3 is 0 Å². The van der Waals surface area contributed by atoms with Gasteiger partial charge in [-0.05, 0) is 59.4 Å². The molecule has 3 aromatic carbocycles. The lowest BCUT2D eigenvalue weighted by Gasteiger charge is -2.17. The normalized spacial score (nSPS) is 10.7. The highest BCUT2D eigenvalue weighted by atomic mass is 14.7. The Morgan fingerprint density at radius 3 is 1.50 bits per heavy atom. The Bertz CT molecular complexity index is 985. The van der Waals surface area contributed by atoms with Gasteiger partial charge in [-0.2, -0.15) is 0 Å². The summed E-state index contributed by atoms with van der Waals surface area (Å²) in [5.74, 6) is 0. The smallest absolute Gasteiger partial charge is 0.0714 e. The van der Waals surface area contributed by atoms with Gasteiger partial charge in [0, 0.05) is 11.8 Å². The summed E-state index contributed by atoms with van der Waals surface area (Å²) in [6.07, 6.45) is 1.87. The first-order valence-electron chi connectivity index (χ1n) is 8.92. The van der Waals surface area contributed by atoms with Crippen LogP contribution >= 0.6 is 0 Å². The second-order valence-electron chi connectivity index (χ2n) is 6.57. The van der Waals surface area contributed by atoms with Crippen molar-refractivity contribution in [1.82, 2.24) is 4.98 Å². The minimum atomic E-state index is 1.00. The number of aryl methyl sites for hydroxylation is 2. The second-order valence-corrected chi connectivity index (χ2v) is 6.57. The van der Waals surface area contributed by atoms with Crippen molar-refractivity contribution in [3.8, 4) is 33.5 Å². The van der Waals surface area contributed by atoms with Gasteiger partial charge < -0.3 is 0 Å². The number of pyridine rings is 1. The molecule has 1 aromatic heterocycles. The van der Waals surface area contributed by atoms with Gasteiger partial charge in [0.1, 0.15) is 0 Å². The first-order chi connectivity index (χ1) is 12.8. The molecule has 0 aliphatic rings. The summed E-state index contributed by atoms with van der Waals surface area (Å²) >= 11 is 0. The molecule has 0 radical (unpaired) electrons. The van der Waals surface area contributed by atoms with Crippen molar-refractivity contribution in [2.45, 2.75) is 13.8 Å². The lowest BCUT2D eigenvalue weighted by Crippen LogP contribution is -1.94. The first kappa shape index (κ1) is 16.3. The quantitative estimate of drug-likeness (QED) is 0.406. The molecule has 0 bridgehead atoms. The van der Waals surface area contributed by atoms with Gasteiger partial charge in [0.25, 0.3) is 0 Å². The molecule has 0 N–H and O–H groups in total. The molecule has 1 heterocycles. The molecule has 0 unspecified atom stereocenters. The highest BCUT2D eigenvalue weighted by Crippen LogP contribution is 2.40. The first-order valence-corrected chi connectivity index (χ1v) is 8.92. The van der Waals surface area contributed by atoms with Crippen LogP contribution in [0.3, 0.4) is 0 Å². The maximum atomic E-state index is 4.68. The van der Waals surface area contributed by atoms with Crippen molar-refractivity contribution in [2.24, 2.45) is 0 Å². The third-order valence-corrected chi connectivity index (χ3v) is 4.86. The van der Waals surface area contributed by atoms with Crippen LogP contribution in [0.15, 0.2) is 91.1 Å². The Labute approximate surface area is 155 Å². The van der Waals surface area contributed by atoms with Crippen molar-refractivity contribution in [3.05, 3.63) is 102 Å². The van der Waals surface area contributed by atoms with E-state index in [2.05, 4.69) is 97.7 Å². The molecule has 0 saturated heterocycles. The third-order valence-electron chi connectivity index (χ3n) is 4.86. The minimum Gasteiger partial charge on any atom is -0.256 e. The van der Waals surface area contributed by atoms with E-state index >= 15 is 0 Å². The number of benzene rings is 3.